The van der Waals surface area contributed by atoms with Crippen molar-refractivity contribution >= 4 is 15.0 Å². The van der Waals surface area contributed by atoms with Gasteiger partial charge in [-0.15, -0.1) is 0 Å². The average Bonchev–Trinajstić information content (AvgIpc) is 1.91. The Bertz CT molecular complexity index is 58.7. The molecule has 0 aromatic rings. The van der Waals surface area contributed by atoms with Crippen molar-refractivity contribution in [2.45, 2.75) is 22.8 Å². The maximum atomic E-state index is 8.78. The molecule has 1 rings (SSSR count). The molecule has 2 N–H and O–H groups in total. The van der Waals surface area contributed by atoms with Gasteiger partial charge in [-0.25, -0.2) is 0 Å². The zero-order chi connectivity index (χ0) is 5.28. The zero-order valence-corrected chi connectivity index (χ0v) is 5.58. The second-order valence-electron chi connectivity index (χ2n) is 1.62. The Morgan fingerprint density at radius 3 is 2.29 bits per heavy atom. The summed E-state index contributed by atoms with van der Waals surface area (Å²) in [5.74, 6) is 0. The third-order valence-electron chi connectivity index (χ3n) is 1.03. The van der Waals surface area contributed by atoms with Crippen molar-refractivity contribution in [2.75, 3.05) is 0 Å². The van der Waals surface area contributed by atoms with E-state index in [2.05, 4.69) is 0 Å². The molecule has 2 unspecified atom stereocenters. The molecule has 0 radical (unpaired) electrons. The summed E-state index contributed by atoms with van der Waals surface area (Å²) < 4.78 is 0. The molecule has 0 spiro atoms. The molecule has 1 aliphatic rings. The summed E-state index contributed by atoms with van der Waals surface area (Å²) in [6.45, 7) is 0. The van der Waals surface area contributed by atoms with Gasteiger partial charge in [0.05, 0.1) is 0 Å². The van der Waals surface area contributed by atoms with E-state index in [0.29, 0.717) is 15.0 Å². The van der Waals surface area contributed by atoms with E-state index in [4.69, 9.17) is 10.2 Å². The van der Waals surface area contributed by atoms with Gasteiger partial charge in [0.25, 0.3) is 0 Å². The normalized spacial score (nSPS) is 42.0. The number of aliphatic hydroxyl groups is 2. The molecule has 0 bridgehead atoms. The molecule has 3 heteroatoms. The zero-order valence-electron chi connectivity index (χ0n) is 3.87. The third kappa shape index (κ3) is 1.16. The van der Waals surface area contributed by atoms with Crippen LogP contribution in [0, 0.1) is 0 Å². The number of hydrogen-bond acceptors (Lipinski definition) is 2. The summed E-state index contributed by atoms with van der Waals surface area (Å²) in [6, 6.07) is 0. The van der Waals surface area contributed by atoms with E-state index in [9.17, 15) is 0 Å². The summed E-state index contributed by atoms with van der Waals surface area (Å²) in [7, 11) is 0. The average molecular weight is 167 g/mol. The molecule has 0 amide bonds. The molecule has 0 aromatic carbocycles. The van der Waals surface area contributed by atoms with Crippen molar-refractivity contribution in [3.8, 4) is 0 Å². The fraction of sp³-hybridized carbons (Fsp3) is 1.00. The van der Waals surface area contributed by atoms with Crippen molar-refractivity contribution in [3.63, 3.8) is 0 Å². The Hall–Kier alpha value is 0.439. The van der Waals surface area contributed by atoms with Crippen molar-refractivity contribution in [1.29, 1.82) is 0 Å². The molecule has 42 valence electrons. The van der Waals surface area contributed by atoms with Crippen LogP contribution in [0.15, 0.2) is 0 Å². The van der Waals surface area contributed by atoms with Crippen molar-refractivity contribution < 1.29 is 10.2 Å². The molecule has 0 aliphatic carbocycles. The standard InChI is InChI=1S/C4H8O2Se/c5-3-1-2-7-4(3)6/h3-6H,1-2H2. The first-order valence-electron chi connectivity index (χ1n) is 2.28. The molecule has 2 nitrogen and oxygen atoms in total. The van der Waals surface area contributed by atoms with Gasteiger partial charge in [-0.2, -0.15) is 0 Å². The quantitative estimate of drug-likeness (QED) is 0.463. The molecule has 1 fully saturated rings. The fourth-order valence-corrected chi connectivity index (χ4v) is 2.61. The molecule has 2 atom stereocenters. The monoisotopic (exact) mass is 168 g/mol. The number of aliphatic hydroxyl groups excluding tert-OH is 2. The topological polar surface area (TPSA) is 40.5 Å². The van der Waals surface area contributed by atoms with Crippen LogP contribution >= 0.6 is 0 Å². The summed E-state index contributed by atoms with van der Waals surface area (Å²) >= 11 is 0.305. The van der Waals surface area contributed by atoms with Crippen LogP contribution in [0.4, 0.5) is 0 Å². The Morgan fingerprint density at radius 2 is 2.14 bits per heavy atom. The van der Waals surface area contributed by atoms with E-state index in [-0.39, 0.29) is 5.00 Å². The molecule has 0 aromatic heterocycles. The molecular weight excluding hydrogens is 159 g/mol. The van der Waals surface area contributed by atoms with Gasteiger partial charge in [0.1, 0.15) is 0 Å². The van der Waals surface area contributed by atoms with Crippen LogP contribution < -0.4 is 0 Å². The number of rotatable bonds is 0. The van der Waals surface area contributed by atoms with Gasteiger partial charge < -0.3 is 0 Å². The van der Waals surface area contributed by atoms with Gasteiger partial charge in [0.2, 0.25) is 0 Å². The van der Waals surface area contributed by atoms with E-state index >= 15 is 0 Å². The van der Waals surface area contributed by atoms with Gasteiger partial charge >= 0.3 is 48.0 Å². The Morgan fingerprint density at radius 1 is 1.43 bits per heavy atom. The Balaban J connectivity index is 2.33. The summed E-state index contributed by atoms with van der Waals surface area (Å²) in [5, 5.41) is 18.2. The van der Waals surface area contributed by atoms with Crippen molar-refractivity contribution in [3.05, 3.63) is 0 Å². The van der Waals surface area contributed by atoms with Crippen LogP contribution in [-0.4, -0.2) is 36.3 Å². The third-order valence-corrected chi connectivity index (χ3v) is 3.40. The van der Waals surface area contributed by atoms with Gasteiger partial charge in [0.15, 0.2) is 0 Å². The van der Waals surface area contributed by atoms with Gasteiger partial charge in [-0.1, -0.05) is 0 Å². The summed E-state index contributed by atoms with van der Waals surface area (Å²) in [5.41, 5.74) is 0. The Kier molecular flexibility index (Phi) is 1.70. The van der Waals surface area contributed by atoms with E-state index in [1.54, 1.807) is 0 Å². The molecule has 1 saturated heterocycles. The van der Waals surface area contributed by atoms with Crippen LogP contribution in [-0.2, 0) is 0 Å². The predicted octanol–water partition coefficient (Wildman–Crippen LogP) is -0.808. The molecule has 7 heavy (non-hydrogen) atoms. The van der Waals surface area contributed by atoms with Crippen LogP contribution in [0.2, 0.25) is 5.32 Å². The number of hydrogen-bond donors (Lipinski definition) is 2. The molecule has 1 aliphatic heterocycles. The summed E-state index contributed by atoms with van der Waals surface area (Å²) in [4.78, 5) is 0. The van der Waals surface area contributed by atoms with E-state index < -0.39 is 6.10 Å². The maximum absolute atomic E-state index is 8.78. The SMILES string of the molecule is OC1CC[Se]C1O. The molecule has 0 saturated carbocycles. The first kappa shape index (κ1) is 5.57. The van der Waals surface area contributed by atoms with Crippen molar-refractivity contribution in [2.24, 2.45) is 0 Å². The summed E-state index contributed by atoms with van der Waals surface area (Å²) in [6.07, 6.45) is 0.404. The second kappa shape index (κ2) is 2.14. The van der Waals surface area contributed by atoms with Crippen LogP contribution in [0.1, 0.15) is 6.42 Å². The fourth-order valence-electron chi connectivity index (χ4n) is 0.563. The van der Waals surface area contributed by atoms with Crippen molar-refractivity contribution in [1.82, 2.24) is 0 Å². The van der Waals surface area contributed by atoms with Crippen LogP contribution in [0.25, 0.3) is 0 Å². The van der Waals surface area contributed by atoms with Gasteiger partial charge in [-0.05, 0) is 0 Å². The van der Waals surface area contributed by atoms with E-state index in [1.165, 1.54) is 0 Å². The molecule has 1 heterocycles. The van der Waals surface area contributed by atoms with Gasteiger partial charge in [0, 0.05) is 0 Å². The minimum atomic E-state index is -0.403. The van der Waals surface area contributed by atoms with Gasteiger partial charge in [-0.3, -0.25) is 0 Å². The Labute approximate surface area is 48.7 Å². The van der Waals surface area contributed by atoms with Crippen LogP contribution in [0.5, 0.6) is 0 Å². The van der Waals surface area contributed by atoms with E-state index in [0.717, 1.165) is 11.7 Å². The predicted molar refractivity (Wildman–Crippen MR) is 27.2 cm³/mol. The molecular formula is C4H8O2Se. The first-order valence-corrected chi connectivity index (χ1v) is 4.48. The van der Waals surface area contributed by atoms with E-state index in [1.807, 2.05) is 0 Å². The van der Waals surface area contributed by atoms with Crippen LogP contribution in [0.3, 0.4) is 0 Å². The first-order chi connectivity index (χ1) is 3.30. The second-order valence-corrected chi connectivity index (χ2v) is 4.19. The minimum absolute atomic E-state index is 0.305.